The molecule has 3 heterocycles. The molecule has 0 spiro atoms. The maximum Gasteiger partial charge on any atom is 0.272 e. The summed E-state index contributed by atoms with van der Waals surface area (Å²) in [6.45, 7) is 1.93. The zero-order valence-corrected chi connectivity index (χ0v) is 19.8. The van der Waals surface area contributed by atoms with Crippen LogP contribution in [-0.2, 0) is 30.8 Å². The van der Waals surface area contributed by atoms with Crippen LogP contribution in [0.2, 0.25) is 0 Å². The van der Waals surface area contributed by atoms with E-state index in [-0.39, 0.29) is 18.4 Å². The van der Waals surface area contributed by atoms with Crippen molar-refractivity contribution in [3.63, 3.8) is 0 Å². The van der Waals surface area contributed by atoms with Gasteiger partial charge in [-0.25, -0.2) is 0 Å². The molecular formula is C26H29N5O4. The predicted octanol–water partition coefficient (Wildman–Crippen LogP) is 2.59. The van der Waals surface area contributed by atoms with Gasteiger partial charge in [-0.2, -0.15) is 5.10 Å². The van der Waals surface area contributed by atoms with Crippen LogP contribution in [0, 0.1) is 5.92 Å². The van der Waals surface area contributed by atoms with Crippen molar-refractivity contribution in [3.8, 4) is 11.5 Å². The minimum atomic E-state index is -0.249. The van der Waals surface area contributed by atoms with Crippen LogP contribution in [0.3, 0.4) is 0 Å². The summed E-state index contributed by atoms with van der Waals surface area (Å²) < 4.78 is 13.0. The Bertz CT molecular complexity index is 1210. The van der Waals surface area contributed by atoms with Crippen LogP contribution in [0.5, 0.6) is 11.5 Å². The summed E-state index contributed by atoms with van der Waals surface area (Å²) >= 11 is 0. The molecule has 2 aliphatic rings. The van der Waals surface area contributed by atoms with E-state index in [1.807, 2.05) is 35.0 Å². The molecule has 2 amide bonds. The van der Waals surface area contributed by atoms with E-state index < -0.39 is 0 Å². The second kappa shape index (κ2) is 10.2. The summed E-state index contributed by atoms with van der Waals surface area (Å²) in [5.74, 6) is 1.33. The van der Waals surface area contributed by atoms with Gasteiger partial charge in [0.05, 0.1) is 19.3 Å². The van der Waals surface area contributed by atoms with E-state index in [9.17, 15) is 9.59 Å². The number of para-hydroxylation sites is 2. The van der Waals surface area contributed by atoms with Gasteiger partial charge >= 0.3 is 0 Å². The highest BCUT2D eigenvalue weighted by Crippen LogP contribution is 2.33. The molecule has 9 nitrogen and oxygen atoms in total. The quantitative estimate of drug-likeness (QED) is 0.511. The molecule has 3 aromatic rings. The number of nitrogens with one attached hydrogen (secondary N) is 1. The van der Waals surface area contributed by atoms with Gasteiger partial charge in [0, 0.05) is 43.5 Å². The Morgan fingerprint density at radius 2 is 1.91 bits per heavy atom. The third kappa shape index (κ3) is 5.29. The van der Waals surface area contributed by atoms with Gasteiger partial charge in [0.2, 0.25) is 0 Å². The van der Waals surface area contributed by atoms with Gasteiger partial charge in [0.1, 0.15) is 0 Å². The molecule has 1 N–H and O–H groups in total. The smallest absolute Gasteiger partial charge is 0.272 e. The number of hydrogen-bond acceptors (Lipinski definition) is 6. The Labute approximate surface area is 204 Å². The van der Waals surface area contributed by atoms with Crippen molar-refractivity contribution in [2.75, 3.05) is 20.3 Å². The number of carbonyl (C=O) groups is 2. The summed E-state index contributed by atoms with van der Waals surface area (Å²) in [5, 5.41) is 7.62. The molecule has 0 atom stereocenters. The van der Waals surface area contributed by atoms with E-state index in [0.717, 1.165) is 23.5 Å². The second-order valence-electron chi connectivity index (χ2n) is 8.91. The third-order valence-corrected chi connectivity index (χ3v) is 6.41. The summed E-state index contributed by atoms with van der Waals surface area (Å²) in [4.78, 5) is 32.1. The average Bonchev–Trinajstić information content (AvgIpc) is 3.65. The molecule has 1 aliphatic carbocycles. The number of carbonyl (C=O) groups excluding carboxylic acids is 2. The minimum Gasteiger partial charge on any atom is -0.493 e. The van der Waals surface area contributed by atoms with Crippen LogP contribution in [0.15, 0.2) is 48.7 Å². The number of ether oxygens (including phenoxy) is 2. The minimum absolute atomic E-state index is 0.104. The fourth-order valence-electron chi connectivity index (χ4n) is 4.31. The summed E-state index contributed by atoms with van der Waals surface area (Å²) in [5.41, 5.74) is 3.03. The van der Waals surface area contributed by atoms with Crippen LogP contribution in [-0.4, -0.2) is 51.7 Å². The molecule has 182 valence electrons. The van der Waals surface area contributed by atoms with Gasteiger partial charge in [-0.3, -0.25) is 19.3 Å². The van der Waals surface area contributed by atoms with E-state index in [2.05, 4.69) is 10.3 Å². The van der Waals surface area contributed by atoms with Crippen LogP contribution >= 0.6 is 0 Å². The highest BCUT2D eigenvalue weighted by Gasteiger charge is 2.32. The Kier molecular flexibility index (Phi) is 6.65. The first-order valence-electron chi connectivity index (χ1n) is 11.9. The van der Waals surface area contributed by atoms with Crippen molar-refractivity contribution in [2.24, 2.45) is 5.92 Å². The summed E-state index contributed by atoms with van der Waals surface area (Å²) in [6.07, 6.45) is 4.74. The summed E-state index contributed by atoms with van der Waals surface area (Å²) in [6, 6.07) is 12.8. The molecule has 0 unspecified atom stereocenters. The van der Waals surface area contributed by atoms with E-state index >= 15 is 0 Å². The standard InChI is InChI=1S/C26H29N5O4/c1-34-22-7-2-3-8-23(22)35-17-24(32)30-13-11-21-20(16-30)25(29-31(21)15-18-9-10-18)26(33)28-14-19-6-4-5-12-27-19/h2-8,12,18H,9-11,13-17H2,1H3,(H,28,33). The first-order chi connectivity index (χ1) is 17.1. The molecule has 1 fully saturated rings. The molecule has 1 aromatic carbocycles. The highest BCUT2D eigenvalue weighted by atomic mass is 16.5. The largest absolute Gasteiger partial charge is 0.493 e. The lowest BCUT2D eigenvalue weighted by molar-refractivity contribution is -0.134. The number of methoxy groups -OCH3 is 1. The number of amides is 2. The molecule has 5 rings (SSSR count). The van der Waals surface area contributed by atoms with Gasteiger partial charge in [-0.05, 0) is 43.0 Å². The normalized spacial score (nSPS) is 14.8. The van der Waals surface area contributed by atoms with Crippen molar-refractivity contribution < 1.29 is 19.1 Å². The van der Waals surface area contributed by atoms with Gasteiger partial charge in [0.15, 0.2) is 23.8 Å². The maximum atomic E-state index is 13.1. The van der Waals surface area contributed by atoms with Crippen LogP contribution in [0.25, 0.3) is 0 Å². The molecule has 9 heteroatoms. The summed E-state index contributed by atoms with van der Waals surface area (Å²) in [7, 11) is 1.57. The van der Waals surface area contributed by atoms with E-state index in [1.54, 1.807) is 30.3 Å². The monoisotopic (exact) mass is 475 g/mol. The number of aromatic nitrogens is 3. The van der Waals surface area contributed by atoms with Crippen molar-refractivity contribution in [1.82, 2.24) is 25.0 Å². The van der Waals surface area contributed by atoms with Gasteiger partial charge < -0.3 is 19.7 Å². The van der Waals surface area contributed by atoms with Crippen molar-refractivity contribution in [2.45, 2.75) is 38.9 Å². The van der Waals surface area contributed by atoms with E-state index in [0.29, 0.717) is 49.2 Å². The molecule has 0 saturated heterocycles. The molecule has 1 aliphatic heterocycles. The number of fused-ring (bicyclic) bond motifs is 1. The van der Waals surface area contributed by atoms with Gasteiger partial charge in [0.25, 0.3) is 11.8 Å². The Hall–Kier alpha value is -3.88. The van der Waals surface area contributed by atoms with E-state index in [1.165, 1.54) is 12.8 Å². The van der Waals surface area contributed by atoms with E-state index in [4.69, 9.17) is 14.6 Å². The number of nitrogens with zero attached hydrogens (tertiary/aromatic N) is 4. The second-order valence-corrected chi connectivity index (χ2v) is 8.91. The number of hydrogen-bond donors (Lipinski definition) is 1. The van der Waals surface area contributed by atoms with Crippen molar-refractivity contribution in [1.29, 1.82) is 0 Å². The maximum absolute atomic E-state index is 13.1. The first-order valence-corrected chi connectivity index (χ1v) is 11.9. The van der Waals surface area contributed by atoms with Crippen molar-refractivity contribution >= 4 is 11.8 Å². The Morgan fingerprint density at radius 3 is 2.66 bits per heavy atom. The zero-order chi connectivity index (χ0) is 24.2. The van der Waals surface area contributed by atoms with Gasteiger partial charge in [-0.1, -0.05) is 18.2 Å². The number of rotatable bonds is 9. The third-order valence-electron chi connectivity index (χ3n) is 6.41. The molecule has 2 aromatic heterocycles. The molecular weight excluding hydrogens is 446 g/mol. The zero-order valence-electron chi connectivity index (χ0n) is 19.8. The molecule has 35 heavy (non-hydrogen) atoms. The molecule has 1 saturated carbocycles. The predicted molar refractivity (Wildman–Crippen MR) is 128 cm³/mol. The Balaban J connectivity index is 1.30. The fourth-order valence-corrected chi connectivity index (χ4v) is 4.31. The molecule has 0 radical (unpaired) electrons. The Morgan fingerprint density at radius 1 is 1.11 bits per heavy atom. The lowest BCUT2D eigenvalue weighted by atomic mass is 10.0. The number of pyridine rings is 1. The SMILES string of the molecule is COc1ccccc1OCC(=O)N1CCc2c(c(C(=O)NCc3ccccn3)nn2CC2CC2)C1. The van der Waals surface area contributed by atoms with Gasteiger partial charge in [-0.15, -0.1) is 0 Å². The van der Waals surface area contributed by atoms with Crippen molar-refractivity contribution in [3.05, 3.63) is 71.3 Å². The van der Waals surface area contributed by atoms with Crippen LogP contribution < -0.4 is 14.8 Å². The average molecular weight is 476 g/mol. The lowest BCUT2D eigenvalue weighted by Gasteiger charge is -2.28. The molecule has 0 bridgehead atoms. The lowest BCUT2D eigenvalue weighted by Crippen LogP contribution is -2.39. The topological polar surface area (TPSA) is 98.6 Å². The number of benzene rings is 1. The highest BCUT2D eigenvalue weighted by molar-refractivity contribution is 5.94. The van der Waals surface area contributed by atoms with Crippen LogP contribution in [0.4, 0.5) is 0 Å². The fraction of sp³-hybridized carbons (Fsp3) is 0.385. The first kappa shape index (κ1) is 22.9. The van der Waals surface area contributed by atoms with Crippen LogP contribution in [0.1, 0.15) is 40.3 Å².